The highest BCUT2D eigenvalue weighted by Gasteiger charge is 2.31. The van der Waals surface area contributed by atoms with Gasteiger partial charge < -0.3 is 30.2 Å². The minimum Gasteiger partial charge on any atom is -0.496 e. The molecule has 1 aliphatic rings. The third-order valence-corrected chi connectivity index (χ3v) is 5.85. The van der Waals surface area contributed by atoms with Gasteiger partial charge in [-0.15, -0.1) is 0 Å². The zero-order valence-corrected chi connectivity index (χ0v) is 19.0. The van der Waals surface area contributed by atoms with E-state index in [-0.39, 0.29) is 23.9 Å². The molecule has 0 spiro atoms. The third-order valence-electron chi connectivity index (χ3n) is 5.53. The molecule has 174 valence electrons. The van der Waals surface area contributed by atoms with Crippen molar-refractivity contribution in [2.75, 3.05) is 46.2 Å². The molecule has 2 atom stereocenters. The largest absolute Gasteiger partial charge is 0.496 e. The molecule has 0 unspecified atom stereocenters. The number of amides is 1. The number of rotatable bonds is 9. The molecule has 0 bridgehead atoms. The van der Waals surface area contributed by atoms with Crippen LogP contribution in [0.5, 0.6) is 11.5 Å². The SMILES string of the molecule is COc1cc(N)c(Cl)cc1C(=O)N[C@@H]1CCN(CCCOc2ccc(F)cc2)C[C@H]1OC. The number of nitrogen functional groups attached to an aromatic ring is 1. The molecule has 1 heterocycles. The first-order chi connectivity index (χ1) is 15.4. The maximum atomic E-state index is 12.9. The number of carbonyl (C=O) groups is 1. The van der Waals surface area contributed by atoms with Crippen LogP contribution in [0.4, 0.5) is 10.1 Å². The summed E-state index contributed by atoms with van der Waals surface area (Å²) < 4.78 is 29.5. The van der Waals surface area contributed by atoms with Crippen LogP contribution in [0.2, 0.25) is 5.02 Å². The van der Waals surface area contributed by atoms with E-state index in [1.807, 2.05) is 0 Å². The Morgan fingerprint density at radius 2 is 2.03 bits per heavy atom. The van der Waals surface area contributed by atoms with E-state index in [1.54, 1.807) is 25.3 Å². The molecule has 3 rings (SSSR count). The van der Waals surface area contributed by atoms with Crippen molar-refractivity contribution in [2.45, 2.75) is 25.0 Å². The number of nitrogens with zero attached hydrogens (tertiary/aromatic N) is 1. The molecular weight excluding hydrogens is 437 g/mol. The Kier molecular flexibility index (Phi) is 8.55. The van der Waals surface area contributed by atoms with Gasteiger partial charge in [-0.25, -0.2) is 4.39 Å². The lowest BCUT2D eigenvalue weighted by Crippen LogP contribution is -2.55. The fraction of sp³-hybridized carbons (Fsp3) is 0.435. The first-order valence-electron chi connectivity index (χ1n) is 10.5. The normalized spacial score (nSPS) is 18.9. The maximum absolute atomic E-state index is 12.9. The molecule has 1 amide bonds. The van der Waals surface area contributed by atoms with Crippen LogP contribution in [0.25, 0.3) is 0 Å². The van der Waals surface area contributed by atoms with Crippen molar-refractivity contribution >= 4 is 23.2 Å². The van der Waals surface area contributed by atoms with Gasteiger partial charge in [-0.05, 0) is 43.2 Å². The molecule has 0 radical (unpaired) electrons. The van der Waals surface area contributed by atoms with Gasteiger partial charge in [0.1, 0.15) is 17.3 Å². The number of nitrogens with one attached hydrogen (secondary N) is 1. The highest BCUT2D eigenvalue weighted by Crippen LogP contribution is 2.29. The Morgan fingerprint density at radius 3 is 2.72 bits per heavy atom. The van der Waals surface area contributed by atoms with E-state index < -0.39 is 0 Å². The van der Waals surface area contributed by atoms with Gasteiger partial charge in [-0.2, -0.15) is 0 Å². The summed E-state index contributed by atoms with van der Waals surface area (Å²) in [5.41, 5.74) is 6.49. The molecule has 2 aromatic rings. The second-order valence-electron chi connectivity index (χ2n) is 7.67. The summed E-state index contributed by atoms with van der Waals surface area (Å²) in [7, 11) is 3.13. The number of benzene rings is 2. The Bertz CT molecular complexity index is 913. The van der Waals surface area contributed by atoms with Gasteiger partial charge in [-0.1, -0.05) is 11.6 Å². The molecule has 3 N–H and O–H groups in total. The number of hydrogen-bond donors (Lipinski definition) is 2. The number of hydrogen-bond acceptors (Lipinski definition) is 6. The van der Waals surface area contributed by atoms with Gasteiger partial charge in [-0.3, -0.25) is 4.79 Å². The first-order valence-corrected chi connectivity index (χ1v) is 10.9. The molecule has 1 saturated heterocycles. The van der Waals surface area contributed by atoms with Crippen LogP contribution in [0.1, 0.15) is 23.2 Å². The van der Waals surface area contributed by atoms with E-state index in [9.17, 15) is 9.18 Å². The van der Waals surface area contributed by atoms with E-state index in [0.29, 0.717) is 40.9 Å². The van der Waals surface area contributed by atoms with Crippen LogP contribution < -0.4 is 20.5 Å². The molecule has 9 heteroatoms. The lowest BCUT2D eigenvalue weighted by atomic mass is 10.0. The van der Waals surface area contributed by atoms with Gasteiger partial charge in [0, 0.05) is 32.8 Å². The molecule has 7 nitrogen and oxygen atoms in total. The van der Waals surface area contributed by atoms with Crippen LogP contribution in [0.15, 0.2) is 36.4 Å². The Morgan fingerprint density at radius 1 is 1.28 bits per heavy atom. The summed E-state index contributed by atoms with van der Waals surface area (Å²) in [6, 6.07) is 8.92. The number of piperidine rings is 1. The van der Waals surface area contributed by atoms with Crippen LogP contribution in [-0.2, 0) is 4.74 Å². The highest BCUT2D eigenvalue weighted by atomic mass is 35.5. The number of methoxy groups -OCH3 is 2. The molecule has 0 aliphatic carbocycles. The van der Waals surface area contributed by atoms with Gasteiger partial charge >= 0.3 is 0 Å². The predicted octanol–water partition coefficient (Wildman–Crippen LogP) is 3.36. The standard InChI is InChI=1S/C23H29ClFN3O4/c1-30-21-13-19(26)18(24)12-17(21)23(29)27-20-8-10-28(14-22(20)31-2)9-3-11-32-16-6-4-15(25)5-7-16/h4-7,12-13,20,22H,3,8-11,14,26H2,1-2H3,(H,27,29)/t20-,22-/m1/s1. The summed E-state index contributed by atoms with van der Waals surface area (Å²) in [5, 5.41) is 3.35. The van der Waals surface area contributed by atoms with Crippen molar-refractivity contribution in [3.05, 3.63) is 52.8 Å². The van der Waals surface area contributed by atoms with Crippen molar-refractivity contribution in [3.63, 3.8) is 0 Å². The zero-order chi connectivity index (χ0) is 23.1. The van der Waals surface area contributed by atoms with Crippen molar-refractivity contribution in [3.8, 4) is 11.5 Å². The zero-order valence-electron chi connectivity index (χ0n) is 18.3. The second-order valence-corrected chi connectivity index (χ2v) is 8.08. The second kappa shape index (κ2) is 11.4. The summed E-state index contributed by atoms with van der Waals surface area (Å²) >= 11 is 6.09. The smallest absolute Gasteiger partial charge is 0.255 e. The lowest BCUT2D eigenvalue weighted by Gasteiger charge is -2.38. The first kappa shape index (κ1) is 24.1. The molecule has 0 aromatic heterocycles. The minimum absolute atomic E-state index is 0.139. The third kappa shape index (κ3) is 6.25. The highest BCUT2D eigenvalue weighted by molar-refractivity contribution is 6.33. The monoisotopic (exact) mass is 465 g/mol. The summed E-state index contributed by atoms with van der Waals surface area (Å²) in [4.78, 5) is 15.1. The van der Waals surface area contributed by atoms with Gasteiger partial charge in [0.05, 0.1) is 42.1 Å². The molecule has 32 heavy (non-hydrogen) atoms. The van der Waals surface area contributed by atoms with Crippen LogP contribution in [0, 0.1) is 5.82 Å². The molecule has 0 saturated carbocycles. The Labute approximate surface area is 192 Å². The van der Waals surface area contributed by atoms with Gasteiger partial charge in [0.25, 0.3) is 5.91 Å². The van der Waals surface area contributed by atoms with E-state index in [1.165, 1.54) is 25.3 Å². The topological polar surface area (TPSA) is 86.0 Å². The minimum atomic E-state index is -0.282. The summed E-state index contributed by atoms with van der Waals surface area (Å²) in [5.74, 6) is 0.463. The van der Waals surface area contributed by atoms with Gasteiger partial charge in [0.2, 0.25) is 0 Å². The lowest BCUT2D eigenvalue weighted by molar-refractivity contribution is 0.00527. The van der Waals surface area contributed by atoms with E-state index in [2.05, 4.69) is 10.2 Å². The fourth-order valence-corrected chi connectivity index (χ4v) is 3.92. The number of ether oxygens (including phenoxy) is 3. The summed E-state index contributed by atoms with van der Waals surface area (Å²) in [6.07, 6.45) is 1.42. The van der Waals surface area contributed by atoms with E-state index in [4.69, 9.17) is 31.5 Å². The number of anilines is 1. The van der Waals surface area contributed by atoms with Crippen LogP contribution >= 0.6 is 11.6 Å². The summed E-state index contributed by atoms with van der Waals surface area (Å²) in [6.45, 7) is 2.89. The Balaban J connectivity index is 1.49. The molecular formula is C23H29ClFN3O4. The fourth-order valence-electron chi connectivity index (χ4n) is 3.76. The Hall–Kier alpha value is -2.55. The maximum Gasteiger partial charge on any atom is 0.255 e. The van der Waals surface area contributed by atoms with Crippen molar-refractivity contribution in [2.24, 2.45) is 0 Å². The predicted molar refractivity (Wildman–Crippen MR) is 122 cm³/mol. The van der Waals surface area contributed by atoms with E-state index >= 15 is 0 Å². The molecule has 1 fully saturated rings. The van der Waals surface area contributed by atoms with Crippen LogP contribution in [0.3, 0.4) is 0 Å². The van der Waals surface area contributed by atoms with Crippen LogP contribution in [-0.4, -0.2) is 63.4 Å². The van der Waals surface area contributed by atoms with Crippen molar-refractivity contribution < 1.29 is 23.4 Å². The number of nitrogens with two attached hydrogens (primary N) is 1. The number of halogens is 2. The quantitative estimate of drug-likeness (QED) is 0.436. The number of carbonyl (C=O) groups excluding carboxylic acids is 1. The molecule has 2 aromatic carbocycles. The van der Waals surface area contributed by atoms with Crippen molar-refractivity contribution in [1.29, 1.82) is 0 Å². The molecule has 1 aliphatic heterocycles. The average Bonchev–Trinajstić information content (AvgIpc) is 2.80. The number of likely N-dealkylation sites (tertiary alicyclic amines) is 1. The van der Waals surface area contributed by atoms with Gasteiger partial charge in [0.15, 0.2) is 0 Å². The average molecular weight is 466 g/mol. The van der Waals surface area contributed by atoms with E-state index in [0.717, 1.165) is 25.9 Å². The van der Waals surface area contributed by atoms with Crippen molar-refractivity contribution in [1.82, 2.24) is 10.2 Å².